The van der Waals surface area contributed by atoms with Crippen LogP contribution in [0.4, 0.5) is 0 Å². The molecule has 106 valence electrons. The van der Waals surface area contributed by atoms with Crippen LogP contribution in [0.25, 0.3) is 0 Å². The summed E-state index contributed by atoms with van der Waals surface area (Å²) >= 11 is 8.44. The van der Waals surface area contributed by atoms with Gasteiger partial charge in [-0.2, -0.15) is 16.9 Å². The van der Waals surface area contributed by atoms with E-state index in [2.05, 4.69) is 16.9 Å². The van der Waals surface area contributed by atoms with E-state index < -0.39 is 0 Å². The molecular weight excluding hydrogens is 280 g/mol. The van der Waals surface area contributed by atoms with Gasteiger partial charge in [0.15, 0.2) is 10.9 Å². The van der Waals surface area contributed by atoms with E-state index in [1.807, 2.05) is 4.68 Å². The third-order valence-corrected chi connectivity index (χ3v) is 5.54. The number of ether oxygens (including phenoxy) is 1. The molecule has 1 aliphatic heterocycles. The molecule has 3 rings (SSSR count). The minimum absolute atomic E-state index is 0.348. The standard InChI is InChI=1S/C14H21ClN2OS/c15-14-13(18-12-3-1-2-4-12)9-16-17(14)10-11-5-7-19-8-6-11/h9,11-12H,1-8,10H2. The lowest BCUT2D eigenvalue weighted by atomic mass is 10.0. The van der Waals surface area contributed by atoms with Gasteiger partial charge in [0, 0.05) is 6.54 Å². The van der Waals surface area contributed by atoms with E-state index in [9.17, 15) is 0 Å². The van der Waals surface area contributed by atoms with Crippen LogP contribution in [0.3, 0.4) is 0 Å². The minimum Gasteiger partial charge on any atom is -0.486 e. The second-order valence-electron chi connectivity index (χ2n) is 5.56. The molecule has 0 radical (unpaired) electrons. The molecule has 5 heteroatoms. The van der Waals surface area contributed by atoms with Crippen molar-refractivity contribution in [2.75, 3.05) is 11.5 Å². The Morgan fingerprint density at radius 3 is 2.74 bits per heavy atom. The Morgan fingerprint density at radius 1 is 1.26 bits per heavy atom. The molecule has 1 aromatic rings. The van der Waals surface area contributed by atoms with Crippen molar-refractivity contribution in [2.24, 2.45) is 5.92 Å². The van der Waals surface area contributed by atoms with Crippen molar-refractivity contribution in [1.29, 1.82) is 0 Å². The molecule has 0 atom stereocenters. The van der Waals surface area contributed by atoms with E-state index >= 15 is 0 Å². The van der Waals surface area contributed by atoms with Gasteiger partial charge >= 0.3 is 0 Å². The fourth-order valence-corrected chi connectivity index (χ4v) is 4.33. The van der Waals surface area contributed by atoms with Crippen LogP contribution in [-0.2, 0) is 6.54 Å². The predicted octanol–water partition coefficient (Wildman–Crippen LogP) is 4.00. The predicted molar refractivity (Wildman–Crippen MR) is 80.2 cm³/mol. The molecule has 1 saturated carbocycles. The number of thioether (sulfide) groups is 1. The fourth-order valence-electron chi connectivity index (χ4n) is 2.92. The average Bonchev–Trinajstić information content (AvgIpc) is 3.05. The van der Waals surface area contributed by atoms with Gasteiger partial charge in [-0.05, 0) is 55.9 Å². The van der Waals surface area contributed by atoms with E-state index in [-0.39, 0.29) is 0 Å². The summed E-state index contributed by atoms with van der Waals surface area (Å²) in [7, 11) is 0. The number of halogens is 1. The Labute approximate surface area is 124 Å². The molecule has 2 heterocycles. The Bertz CT molecular complexity index is 412. The third-order valence-electron chi connectivity index (χ3n) is 4.11. The highest BCUT2D eigenvalue weighted by molar-refractivity contribution is 7.99. The van der Waals surface area contributed by atoms with Crippen molar-refractivity contribution in [3.8, 4) is 5.75 Å². The normalized spacial score (nSPS) is 21.9. The maximum atomic E-state index is 6.39. The monoisotopic (exact) mass is 300 g/mol. The van der Waals surface area contributed by atoms with Crippen LogP contribution in [0, 0.1) is 5.92 Å². The molecule has 19 heavy (non-hydrogen) atoms. The number of rotatable bonds is 4. The van der Waals surface area contributed by atoms with E-state index in [1.54, 1.807) is 6.20 Å². The summed E-state index contributed by atoms with van der Waals surface area (Å²) in [5.41, 5.74) is 0. The van der Waals surface area contributed by atoms with E-state index in [0.717, 1.165) is 31.1 Å². The van der Waals surface area contributed by atoms with Gasteiger partial charge in [0.25, 0.3) is 0 Å². The lowest BCUT2D eigenvalue weighted by Gasteiger charge is -2.21. The van der Waals surface area contributed by atoms with Crippen LogP contribution in [0.5, 0.6) is 5.75 Å². The molecule has 0 N–H and O–H groups in total. The maximum absolute atomic E-state index is 6.39. The van der Waals surface area contributed by atoms with E-state index in [4.69, 9.17) is 16.3 Å². The Balaban J connectivity index is 1.60. The number of hydrogen-bond donors (Lipinski definition) is 0. The first-order valence-electron chi connectivity index (χ1n) is 7.28. The van der Waals surface area contributed by atoms with Gasteiger partial charge in [0.1, 0.15) is 0 Å². The largest absolute Gasteiger partial charge is 0.486 e. The van der Waals surface area contributed by atoms with Gasteiger partial charge in [0.05, 0.1) is 12.3 Å². The van der Waals surface area contributed by atoms with Gasteiger partial charge in [0.2, 0.25) is 0 Å². The molecule has 2 aliphatic rings. The molecule has 0 aromatic carbocycles. The van der Waals surface area contributed by atoms with E-state index in [0.29, 0.717) is 11.3 Å². The first-order chi connectivity index (χ1) is 9.33. The fraction of sp³-hybridized carbons (Fsp3) is 0.786. The third kappa shape index (κ3) is 3.40. The maximum Gasteiger partial charge on any atom is 0.176 e. The van der Waals surface area contributed by atoms with Crippen molar-refractivity contribution in [1.82, 2.24) is 9.78 Å². The van der Waals surface area contributed by atoms with Gasteiger partial charge in [-0.1, -0.05) is 11.6 Å². The van der Waals surface area contributed by atoms with Crippen LogP contribution in [-0.4, -0.2) is 27.4 Å². The zero-order valence-corrected chi connectivity index (χ0v) is 12.8. The van der Waals surface area contributed by atoms with Crippen LogP contribution in [0.1, 0.15) is 38.5 Å². The summed E-state index contributed by atoms with van der Waals surface area (Å²) in [5, 5.41) is 5.09. The SMILES string of the molecule is Clc1c(OC2CCCC2)cnn1CC1CCSCC1. The van der Waals surface area contributed by atoms with Gasteiger partial charge in [-0.25, -0.2) is 0 Å². The van der Waals surface area contributed by atoms with Crippen molar-refractivity contribution >= 4 is 23.4 Å². The van der Waals surface area contributed by atoms with Crippen molar-refractivity contribution in [3.05, 3.63) is 11.3 Å². The molecule has 2 fully saturated rings. The highest BCUT2D eigenvalue weighted by atomic mass is 35.5. The van der Waals surface area contributed by atoms with Crippen LogP contribution in [0.15, 0.2) is 6.20 Å². The zero-order valence-electron chi connectivity index (χ0n) is 11.2. The minimum atomic E-state index is 0.348. The Kier molecular flexibility index (Phi) is 4.59. The highest BCUT2D eigenvalue weighted by Gasteiger charge is 2.21. The highest BCUT2D eigenvalue weighted by Crippen LogP contribution is 2.31. The summed E-state index contributed by atoms with van der Waals surface area (Å²) in [5.74, 6) is 4.04. The average molecular weight is 301 g/mol. The van der Waals surface area contributed by atoms with Crippen molar-refractivity contribution < 1.29 is 4.74 Å². The smallest absolute Gasteiger partial charge is 0.176 e. The molecule has 3 nitrogen and oxygen atoms in total. The number of hydrogen-bond acceptors (Lipinski definition) is 3. The quantitative estimate of drug-likeness (QED) is 0.841. The molecule has 0 unspecified atom stereocenters. The summed E-state index contributed by atoms with van der Waals surface area (Å²) < 4.78 is 7.88. The topological polar surface area (TPSA) is 27.1 Å². The summed E-state index contributed by atoms with van der Waals surface area (Å²) in [6.45, 7) is 0.938. The van der Waals surface area contributed by atoms with Gasteiger partial charge < -0.3 is 4.74 Å². The number of nitrogens with zero attached hydrogens (tertiary/aromatic N) is 2. The number of aromatic nitrogens is 2. The van der Waals surface area contributed by atoms with Crippen LogP contribution >= 0.6 is 23.4 Å². The van der Waals surface area contributed by atoms with Crippen molar-refractivity contribution in [3.63, 3.8) is 0 Å². The van der Waals surface area contributed by atoms with Gasteiger partial charge in [-0.15, -0.1) is 0 Å². The second kappa shape index (κ2) is 6.40. The molecule has 1 saturated heterocycles. The van der Waals surface area contributed by atoms with Crippen LogP contribution in [0.2, 0.25) is 5.15 Å². The first kappa shape index (κ1) is 13.6. The van der Waals surface area contributed by atoms with Crippen molar-refractivity contribution in [2.45, 2.75) is 51.2 Å². The summed E-state index contributed by atoms with van der Waals surface area (Å²) in [4.78, 5) is 0. The molecular formula is C14H21ClN2OS. The lowest BCUT2D eigenvalue weighted by molar-refractivity contribution is 0.210. The lowest BCUT2D eigenvalue weighted by Crippen LogP contribution is -2.17. The molecule has 0 spiro atoms. The molecule has 0 amide bonds. The zero-order chi connectivity index (χ0) is 13.1. The van der Waals surface area contributed by atoms with Crippen LogP contribution < -0.4 is 4.74 Å². The summed E-state index contributed by atoms with van der Waals surface area (Å²) in [6, 6.07) is 0. The first-order valence-corrected chi connectivity index (χ1v) is 8.82. The Hall–Kier alpha value is -0.350. The molecule has 1 aliphatic carbocycles. The van der Waals surface area contributed by atoms with Gasteiger partial charge in [-0.3, -0.25) is 4.68 Å². The van der Waals surface area contributed by atoms with E-state index in [1.165, 1.54) is 37.2 Å². The Morgan fingerprint density at radius 2 is 2.00 bits per heavy atom. The summed E-state index contributed by atoms with van der Waals surface area (Å²) in [6.07, 6.45) is 9.55. The second-order valence-corrected chi connectivity index (χ2v) is 7.14. The molecule has 1 aromatic heterocycles. The molecule has 0 bridgehead atoms.